The molecule has 0 bridgehead atoms. The van der Waals surface area contributed by atoms with Crippen LogP contribution in [-0.2, 0) is 16.1 Å². The first-order valence-corrected chi connectivity index (χ1v) is 12.3. The molecule has 5 atom stereocenters. The molecule has 0 amide bonds. The minimum atomic E-state index is -1.52. The molecule has 0 aromatic heterocycles. The predicted octanol–water partition coefficient (Wildman–Crippen LogP) is 2.67. The first-order valence-electron chi connectivity index (χ1n) is 12.3. The van der Waals surface area contributed by atoms with Gasteiger partial charge in [0.1, 0.15) is 55.2 Å². The van der Waals surface area contributed by atoms with Crippen LogP contribution in [0.2, 0.25) is 0 Å². The lowest BCUT2D eigenvalue weighted by molar-refractivity contribution is -0.230. The number of hydrogen-bond acceptors (Lipinski definition) is 10. The zero-order valence-corrected chi connectivity index (χ0v) is 21.9. The van der Waals surface area contributed by atoms with Gasteiger partial charge in [-0.15, -0.1) is 0 Å². The van der Waals surface area contributed by atoms with Crippen molar-refractivity contribution in [2.45, 2.75) is 37.1 Å². The second-order valence-corrected chi connectivity index (χ2v) is 8.90. The van der Waals surface area contributed by atoms with Crippen LogP contribution in [0.1, 0.15) is 27.6 Å². The van der Waals surface area contributed by atoms with E-state index in [1.54, 1.807) is 66.7 Å². The maximum atomic E-state index is 12.5. The van der Waals surface area contributed by atoms with Crippen LogP contribution in [0.3, 0.4) is 0 Å². The molecule has 10 heteroatoms. The molecule has 0 aliphatic carbocycles. The van der Waals surface area contributed by atoms with Gasteiger partial charge in [0.15, 0.2) is 11.5 Å². The summed E-state index contributed by atoms with van der Waals surface area (Å²) < 4.78 is 33.3. The molecular weight excluding hydrogens is 508 g/mol. The fourth-order valence-corrected chi connectivity index (χ4v) is 4.34. The molecule has 0 saturated carbocycles. The maximum Gasteiger partial charge on any atom is 0.338 e. The lowest BCUT2D eigenvalue weighted by Crippen LogP contribution is -2.55. The number of aliphatic hydroxyl groups excluding tert-OH is 3. The van der Waals surface area contributed by atoms with Crippen LogP contribution in [0.25, 0.3) is 0 Å². The van der Waals surface area contributed by atoms with E-state index in [1.165, 1.54) is 21.3 Å². The van der Waals surface area contributed by atoms with Crippen LogP contribution in [0.15, 0.2) is 66.7 Å². The maximum absolute atomic E-state index is 12.5. The zero-order chi connectivity index (χ0) is 27.9. The lowest BCUT2D eigenvalue weighted by Gasteiger charge is -2.41. The van der Waals surface area contributed by atoms with E-state index < -0.39 is 36.5 Å². The highest BCUT2D eigenvalue weighted by Gasteiger charge is 2.45. The molecule has 0 spiro atoms. The molecule has 0 radical (unpaired) electrons. The van der Waals surface area contributed by atoms with Crippen molar-refractivity contribution < 1.29 is 48.5 Å². The van der Waals surface area contributed by atoms with E-state index in [2.05, 4.69) is 0 Å². The van der Waals surface area contributed by atoms with Gasteiger partial charge in [-0.3, -0.25) is 0 Å². The third-order valence-electron chi connectivity index (χ3n) is 6.51. The largest absolute Gasteiger partial charge is 0.497 e. The van der Waals surface area contributed by atoms with Crippen molar-refractivity contribution in [1.29, 1.82) is 0 Å². The van der Waals surface area contributed by atoms with Crippen LogP contribution in [-0.4, -0.2) is 73.6 Å². The third-order valence-corrected chi connectivity index (χ3v) is 6.51. The molecule has 39 heavy (non-hydrogen) atoms. The number of esters is 1. The Morgan fingerprint density at radius 3 is 2.21 bits per heavy atom. The summed E-state index contributed by atoms with van der Waals surface area (Å²) in [6, 6.07) is 18.5. The van der Waals surface area contributed by atoms with E-state index >= 15 is 0 Å². The average molecular weight is 541 g/mol. The van der Waals surface area contributed by atoms with Crippen LogP contribution in [0.5, 0.6) is 23.0 Å². The number of benzene rings is 3. The molecule has 3 aromatic carbocycles. The van der Waals surface area contributed by atoms with Gasteiger partial charge in [0, 0.05) is 6.07 Å². The van der Waals surface area contributed by atoms with E-state index in [0.717, 1.165) is 0 Å². The summed E-state index contributed by atoms with van der Waals surface area (Å²) >= 11 is 0. The van der Waals surface area contributed by atoms with E-state index in [9.17, 15) is 20.1 Å². The topological polar surface area (TPSA) is 133 Å². The van der Waals surface area contributed by atoms with E-state index in [4.69, 9.17) is 28.4 Å². The number of methoxy groups -OCH3 is 3. The molecule has 4 rings (SSSR count). The number of rotatable bonds is 10. The predicted molar refractivity (Wildman–Crippen MR) is 139 cm³/mol. The average Bonchev–Trinajstić information content (AvgIpc) is 2.98. The molecule has 0 unspecified atom stereocenters. The van der Waals surface area contributed by atoms with Gasteiger partial charge >= 0.3 is 5.97 Å². The summed E-state index contributed by atoms with van der Waals surface area (Å²) in [4.78, 5) is 12.5. The quantitative estimate of drug-likeness (QED) is 0.330. The molecule has 1 aliphatic rings. The minimum Gasteiger partial charge on any atom is -0.497 e. The van der Waals surface area contributed by atoms with Gasteiger partial charge in [-0.2, -0.15) is 0 Å². The molecule has 1 aliphatic heterocycles. The van der Waals surface area contributed by atoms with Gasteiger partial charge in [-0.05, 0) is 47.5 Å². The van der Waals surface area contributed by atoms with E-state index in [1.807, 2.05) is 0 Å². The number of ether oxygens (including phenoxy) is 6. The smallest absolute Gasteiger partial charge is 0.338 e. The molecule has 3 N–H and O–H groups in total. The van der Waals surface area contributed by atoms with Crippen molar-refractivity contribution in [2.75, 3.05) is 27.9 Å². The van der Waals surface area contributed by atoms with Gasteiger partial charge in [-0.1, -0.05) is 24.3 Å². The van der Waals surface area contributed by atoms with Crippen LogP contribution >= 0.6 is 0 Å². The van der Waals surface area contributed by atoms with Crippen molar-refractivity contribution in [1.82, 2.24) is 0 Å². The van der Waals surface area contributed by atoms with Crippen molar-refractivity contribution in [3.8, 4) is 23.0 Å². The Hall–Kier alpha value is -3.83. The summed E-state index contributed by atoms with van der Waals surface area (Å²) in [5.41, 5.74) is 1.36. The highest BCUT2D eigenvalue weighted by Crippen LogP contribution is 2.37. The number of carbonyl (C=O) groups is 1. The summed E-state index contributed by atoms with van der Waals surface area (Å²) in [6.45, 7) is -0.274. The Morgan fingerprint density at radius 1 is 0.795 bits per heavy atom. The molecule has 10 nitrogen and oxygen atoms in total. The summed E-state index contributed by atoms with van der Waals surface area (Å²) in [7, 11) is 4.53. The summed E-state index contributed by atoms with van der Waals surface area (Å²) in [5, 5.41) is 32.2. The fourth-order valence-electron chi connectivity index (χ4n) is 4.34. The van der Waals surface area contributed by atoms with Gasteiger partial charge in [-0.25, -0.2) is 4.79 Å². The molecule has 1 saturated heterocycles. The zero-order valence-electron chi connectivity index (χ0n) is 21.9. The number of aliphatic hydroxyl groups is 3. The van der Waals surface area contributed by atoms with Crippen molar-refractivity contribution in [3.63, 3.8) is 0 Å². The second-order valence-electron chi connectivity index (χ2n) is 8.90. The molecule has 3 aromatic rings. The number of carbonyl (C=O) groups excluding carboxylic acids is 1. The van der Waals surface area contributed by atoms with Crippen LogP contribution in [0, 0.1) is 0 Å². The second kappa shape index (κ2) is 12.8. The Morgan fingerprint density at radius 2 is 1.51 bits per heavy atom. The SMILES string of the molecule is COc1ccc([C@H]2O[C@@H](COc3ccc(OC)c(OC)c3)[C@@H](O)[C@H](O)[C@H]2O)c(COC(=O)c2ccccc2)c1. The molecule has 208 valence electrons. The highest BCUT2D eigenvalue weighted by molar-refractivity contribution is 5.89. The van der Waals surface area contributed by atoms with Crippen molar-refractivity contribution in [2.24, 2.45) is 0 Å². The normalized spacial score (nSPS) is 22.6. The first kappa shape index (κ1) is 28.2. The van der Waals surface area contributed by atoms with Crippen LogP contribution in [0.4, 0.5) is 0 Å². The van der Waals surface area contributed by atoms with E-state index in [0.29, 0.717) is 39.7 Å². The van der Waals surface area contributed by atoms with Gasteiger partial charge in [0.05, 0.1) is 26.9 Å². The highest BCUT2D eigenvalue weighted by atomic mass is 16.6. The first-order chi connectivity index (χ1) is 18.9. The summed E-state index contributed by atoms with van der Waals surface area (Å²) in [5.74, 6) is 1.40. The number of hydrogen-bond donors (Lipinski definition) is 3. The van der Waals surface area contributed by atoms with Gasteiger partial charge < -0.3 is 43.7 Å². The third kappa shape index (κ3) is 6.43. The standard InChI is InChI=1S/C29H32O10/c1-34-19-9-11-21(18(13-19)15-38-29(33)17-7-5-4-6-8-17)28-27(32)26(31)25(30)24(39-28)16-37-20-10-12-22(35-2)23(14-20)36-3/h4-14,24-28,30-32H,15-16H2,1-3H3/t24-,25+,26-,27+,28+/m0/s1. The van der Waals surface area contributed by atoms with Gasteiger partial charge in [0.25, 0.3) is 0 Å². The Kier molecular flexibility index (Phi) is 9.26. The van der Waals surface area contributed by atoms with Crippen LogP contribution < -0.4 is 18.9 Å². The molecule has 1 fully saturated rings. The Labute approximate surface area is 226 Å². The fraction of sp³-hybridized carbons (Fsp3) is 0.345. The van der Waals surface area contributed by atoms with E-state index in [-0.39, 0.29) is 13.2 Å². The molecular formula is C29H32O10. The Balaban J connectivity index is 1.53. The monoisotopic (exact) mass is 540 g/mol. The lowest BCUT2D eigenvalue weighted by atomic mass is 9.89. The summed E-state index contributed by atoms with van der Waals surface area (Å²) in [6.07, 6.45) is -6.46. The minimum absolute atomic E-state index is 0.134. The van der Waals surface area contributed by atoms with Crippen molar-refractivity contribution >= 4 is 5.97 Å². The molecule has 1 heterocycles. The Bertz CT molecular complexity index is 1250. The van der Waals surface area contributed by atoms with Gasteiger partial charge in [0.2, 0.25) is 0 Å². The van der Waals surface area contributed by atoms with Crippen molar-refractivity contribution in [3.05, 3.63) is 83.4 Å².